The molecule has 0 aromatic heterocycles. The molecule has 2 N–H and O–H groups in total. The van der Waals surface area contributed by atoms with Gasteiger partial charge >= 0.3 is 0 Å². The van der Waals surface area contributed by atoms with Crippen LogP contribution in [0.1, 0.15) is 37.3 Å². The van der Waals surface area contributed by atoms with Crippen LogP contribution in [0, 0.1) is 13.8 Å². The van der Waals surface area contributed by atoms with Gasteiger partial charge in [-0.2, -0.15) is 0 Å². The first-order chi connectivity index (χ1) is 12.5. The zero-order chi connectivity index (χ0) is 18.5. The molecule has 4 nitrogen and oxygen atoms in total. The van der Waals surface area contributed by atoms with Crippen molar-refractivity contribution in [2.45, 2.75) is 46.1 Å². The van der Waals surface area contributed by atoms with Gasteiger partial charge in [0.05, 0.1) is 0 Å². The lowest BCUT2D eigenvalue weighted by Gasteiger charge is -2.29. The van der Waals surface area contributed by atoms with E-state index in [-0.39, 0.29) is 11.9 Å². The Bertz CT molecular complexity index is 728. The second kappa shape index (κ2) is 8.26. The lowest BCUT2D eigenvalue weighted by atomic mass is 10.1. The number of rotatable bonds is 5. The summed E-state index contributed by atoms with van der Waals surface area (Å²) in [5.41, 5.74) is 5.30. The first-order valence-electron chi connectivity index (χ1n) is 9.53. The molecule has 1 atom stereocenters. The van der Waals surface area contributed by atoms with Crippen molar-refractivity contribution in [1.82, 2.24) is 0 Å². The molecule has 1 aliphatic heterocycles. The van der Waals surface area contributed by atoms with Gasteiger partial charge in [0.15, 0.2) is 0 Å². The minimum absolute atomic E-state index is 0.0255. The molecule has 0 spiro atoms. The number of piperidine rings is 1. The molecule has 0 aliphatic carbocycles. The van der Waals surface area contributed by atoms with Gasteiger partial charge in [0.25, 0.3) is 0 Å². The minimum Gasteiger partial charge on any atom is -0.374 e. The fourth-order valence-electron chi connectivity index (χ4n) is 3.48. The Balaban J connectivity index is 1.60. The number of nitrogens with one attached hydrogen (secondary N) is 2. The quantitative estimate of drug-likeness (QED) is 0.818. The van der Waals surface area contributed by atoms with Crippen molar-refractivity contribution in [3.8, 4) is 0 Å². The average molecular weight is 351 g/mol. The van der Waals surface area contributed by atoms with Gasteiger partial charge in [0, 0.05) is 30.2 Å². The number of hydrogen-bond donors (Lipinski definition) is 2. The summed E-state index contributed by atoms with van der Waals surface area (Å²) in [6.07, 6.45) is 3.88. The van der Waals surface area contributed by atoms with Crippen molar-refractivity contribution < 1.29 is 4.79 Å². The van der Waals surface area contributed by atoms with Crippen LogP contribution in [0.4, 0.5) is 17.1 Å². The maximum atomic E-state index is 12.6. The van der Waals surface area contributed by atoms with Crippen LogP contribution < -0.4 is 15.5 Å². The standard InChI is InChI=1S/C22H29N3O/c1-16-8-7-9-17(2)21(16)24-22(26)18(3)23-19-10-12-20(13-11-19)25-14-5-4-6-15-25/h7-13,18,23H,4-6,14-15H2,1-3H3,(H,24,26)/t18-/m0/s1. The van der Waals surface area contributed by atoms with E-state index in [2.05, 4.69) is 39.8 Å². The van der Waals surface area contributed by atoms with E-state index in [1.807, 2.05) is 39.0 Å². The highest BCUT2D eigenvalue weighted by atomic mass is 16.2. The number of amides is 1. The Labute approximate surface area is 156 Å². The molecular weight excluding hydrogens is 322 g/mol. The molecule has 0 radical (unpaired) electrons. The summed E-state index contributed by atoms with van der Waals surface area (Å²) in [6, 6.07) is 14.1. The number of anilines is 3. The van der Waals surface area contributed by atoms with Gasteiger partial charge in [0.2, 0.25) is 5.91 Å². The van der Waals surface area contributed by atoms with E-state index in [9.17, 15) is 4.79 Å². The molecule has 3 rings (SSSR count). The summed E-state index contributed by atoms with van der Waals surface area (Å²) in [7, 11) is 0. The summed E-state index contributed by atoms with van der Waals surface area (Å²) in [4.78, 5) is 15.0. The van der Waals surface area contributed by atoms with Gasteiger partial charge in [-0.05, 0) is 75.4 Å². The third-order valence-corrected chi connectivity index (χ3v) is 5.09. The van der Waals surface area contributed by atoms with Crippen molar-refractivity contribution in [1.29, 1.82) is 0 Å². The second-order valence-electron chi connectivity index (χ2n) is 7.22. The van der Waals surface area contributed by atoms with E-state index in [1.54, 1.807) is 0 Å². The van der Waals surface area contributed by atoms with Crippen LogP contribution in [-0.4, -0.2) is 25.0 Å². The normalized spacial score (nSPS) is 15.4. The molecule has 1 heterocycles. The van der Waals surface area contributed by atoms with Crippen LogP contribution >= 0.6 is 0 Å². The summed E-state index contributed by atoms with van der Waals surface area (Å²) >= 11 is 0. The lowest BCUT2D eigenvalue weighted by molar-refractivity contribution is -0.116. The Morgan fingerprint density at radius 2 is 1.58 bits per heavy atom. The molecule has 0 bridgehead atoms. The fraction of sp³-hybridized carbons (Fsp3) is 0.409. The van der Waals surface area contributed by atoms with E-state index in [0.29, 0.717) is 0 Å². The molecule has 26 heavy (non-hydrogen) atoms. The highest BCUT2D eigenvalue weighted by Gasteiger charge is 2.15. The molecule has 0 saturated carbocycles. The molecule has 1 fully saturated rings. The van der Waals surface area contributed by atoms with Gasteiger partial charge in [0.1, 0.15) is 6.04 Å². The molecule has 2 aromatic carbocycles. The smallest absolute Gasteiger partial charge is 0.246 e. The largest absolute Gasteiger partial charge is 0.374 e. The maximum absolute atomic E-state index is 12.6. The van der Waals surface area contributed by atoms with Gasteiger partial charge < -0.3 is 15.5 Å². The van der Waals surface area contributed by atoms with Crippen molar-refractivity contribution >= 4 is 23.0 Å². The van der Waals surface area contributed by atoms with Gasteiger partial charge in [-0.15, -0.1) is 0 Å². The number of aryl methyl sites for hydroxylation is 2. The van der Waals surface area contributed by atoms with Crippen molar-refractivity contribution in [3.05, 3.63) is 53.6 Å². The number of para-hydroxylation sites is 1. The van der Waals surface area contributed by atoms with Crippen LogP contribution in [0.5, 0.6) is 0 Å². The Hall–Kier alpha value is -2.49. The van der Waals surface area contributed by atoms with E-state index < -0.39 is 0 Å². The summed E-state index contributed by atoms with van der Waals surface area (Å²) in [5.74, 6) is -0.0255. The van der Waals surface area contributed by atoms with Crippen LogP contribution in [0.15, 0.2) is 42.5 Å². The molecule has 1 aliphatic rings. The second-order valence-corrected chi connectivity index (χ2v) is 7.22. The Morgan fingerprint density at radius 1 is 0.962 bits per heavy atom. The van der Waals surface area contributed by atoms with Crippen molar-refractivity contribution in [3.63, 3.8) is 0 Å². The van der Waals surface area contributed by atoms with Crippen molar-refractivity contribution in [2.75, 3.05) is 28.6 Å². The zero-order valence-electron chi connectivity index (χ0n) is 16.0. The summed E-state index contributed by atoms with van der Waals surface area (Å²) in [6.45, 7) is 8.20. The van der Waals surface area contributed by atoms with E-state index in [1.165, 1.54) is 24.9 Å². The molecule has 0 unspecified atom stereocenters. The first-order valence-corrected chi connectivity index (χ1v) is 9.53. The van der Waals surface area contributed by atoms with Crippen LogP contribution in [0.3, 0.4) is 0 Å². The van der Waals surface area contributed by atoms with Crippen LogP contribution in [-0.2, 0) is 4.79 Å². The highest BCUT2D eigenvalue weighted by Crippen LogP contribution is 2.23. The van der Waals surface area contributed by atoms with E-state index in [4.69, 9.17) is 0 Å². The molecular formula is C22H29N3O. The predicted molar refractivity (Wildman–Crippen MR) is 110 cm³/mol. The van der Waals surface area contributed by atoms with Crippen LogP contribution in [0.25, 0.3) is 0 Å². The molecule has 1 amide bonds. The third kappa shape index (κ3) is 4.37. The zero-order valence-corrected chi connectivity index (χ0v) is 16.0. The van der Waals surface area contributed by atoms with E-state index >= 15 is 0 Å². The first kappa shape index (κ1) is 18.3. The minimum atomic E-state index is -0.310. The number of carbonyl (C=O) groups excluding carboxylic acids is 1. The maximum Gasteiger partial charge on any atom is 0.246 e. The monoisotopic (exact) mass is 351 g/mol. The number of benzene rings is 2. The van der Waals surface area contributed by atoms with Crippen LogP contribution in [0.2, 0.25) is 0 Å². The third-order valence-electron chi connectivity index (χ3n) is 5.09. The lowest BCUT2D eigenvalue weighted by Crippen LogP contribution is -2.32. The topological polar surface area (TPSA) is 44.4 Å². The average Bonchev–Trinajstić information content (AvgIpc) is 2.66. The SMILES string of the molecule is Cc1cccc(C)c1NC(=O)[C@H](C)Nc1ccc(N2CCCCC2)cc1. The summed E-state index contributed by atoms with van der Waals surface area (Å²) in [5, 5.41) is 6.35. The van der Waals surface area contributed by atoms with Gasteiger partial charge in [-0.3, -0.25) is 4.79 Å². The number of hydrogen-bond acceptors (Lipinski definition) is 3. The number of nitrogens with zero attached hydrogens (tertiary/aromatic N) is 1. The molecule has 138 valence electrons. The highest BCUT2D eigenvalue weighted by molar-refractivity contribution is 5.97. The Kier molecular flexibility index (Phi) is 5.82. The van der Waals surface area contributed by atoms with E-state index in [0.717, 1.165) is 35.6 Å². The Morgan fingerprint density at radius 3 is 2.19 bits per heavy atom. The van der Waals surface area contributed by atoms with Gasteiger partial charge in [-0.25, -0.2) is 0 Å². The molecule has 4 heteroatoms. The number of carbonyl (C=O) groups is 1. The van der Waals surface area contributed by atoms with Crippen molar-refractivity contribution in [2.24, 2.45) is 0 Å². The summed E-state index contributed by atoms with van der Waals surface area (Å²) < 4.78 is 0. The van der Waals surface area contributed by atoms with Gasteiger partial charge in [-0.1, -0.05) is 18.2 Å². The fourth-order valence-corrected chi connectivity index (χ4v) is 3.48. The predicted octanol–water partition coefficient (Wildman–Crippen LogP) is 4.73. The molecule has 2 aromatic rings. The molecule has 1 saturated heterocycles.